The number of hydrogen-bond donors (Lipinski definition) is 0. The monoisotopic (exact) mass is 312 g/mol. The summed E-state index contributed by atoms with van der Waals surface area (Å²) in [4.78, 5) is 0. The molecule has 0 saturated carbocycles. The summed E-state index contributed by atoms with van der Waals surface area (Å²) in [6.07, 6.45) is 0. The number of aryl methyl sites for hydroxylation is 1. The van der Waals surface area contributed by atoms with Crippen molar-refractivity contribution >= 4 is 26.5 Å². The van der Waals surface area contributed by atoms with Gasteiger partial charge in [0.05, 0.1) is 16.1 Å². The van der Waals surface area contributed by atoms with E-state index < -0.39 is 16.1 Å². The summed E-state index contributed by atoms with van der Waals surface area (Å²) in [5, 5.41) is 3.16. The van der Waals surface area contributed by atoms with Crippen molar-refractivity contribution in [3.63, 3.8) is 0 Å². The van der Waals surface area contributed by atoms with Crippen molar-refractivity contribution in [1.82, 2.24) is 0 Å². The van der Waals surface area contributed by atoms with E-state index in [4.69, 9.17) is 0 Å². The van der Waals surface area contributed by atoms with Crippen molar-refractivity contribution in [3.05, 3.63) is 48.0 Å². The lowest BCUT2D eigenvalue weighted by atomic mass is 10.0. The maximum atomic E-state index is 2.44. The Morgan fingerprint density at radius 3 is 1.71 bits per heavy atom. The van der Waals surface area contributed by atoms with Gasteiger partial charge in [0.25, 0.3) is 0 Å². The Kier molecular flexibility index (Phi) is 4.32. The van der Waals surface area contributed by atoms with Crippen molar-refractivity contribution in [2.45, 2.75) is 46.2 Å². The lowest BCUT2D eigenvalue weighted by Crippen LogP contribution is -2.42. The SMILES string of the molecule is Cc1ccc([Si](C)(C)C)c(-c2ccccc2[Si](C)(C)C)c1. The van der Waals surface area contributed by atoms with E-state index in [1.165, 1.54) is 16.7 Å². The molecule has 0 bridgehead atoms. The minimum atomic E-state index is -1.35. The fraction of sp³-hybridized carbons (Fsp3) is 0.368. The highest BCUT2D eigenvalue weighted by Crippen LogP contribution is 2.23. The summed E-state index contributed by atoms with van der Waals surface area (Å²) in [6, 6.07) is 16.1. The van der Waals surface area contributed by atoms with Crippen LogP contribution < -0.4 is 10.4 Å². The summed E-state index contributed by atoms with van der Waals surface area (Å²) in [5.41, 5.74) is 4.31. The van der Waals surface area contributed by atoms with Crippen LogP contribution in [0.5, 0.6) is 0 Å². The Hall–Kier alpha value is -1.13. The fourth-order valence-corrected chi connectivity index (χ4v) is 6.13. The van der Waals surface area contributed by atoms with Crippen molar-refractivity contribution in [2.24, 2.45) is 0 Å². The highest BCUT2D eigenvalue weighted by atomic mass is 28.3. The van der Waals surface area contributed by atoms with E-state index in [0.717, 1.165) is 0 Å². The van der Waals surface area contributed by atoms with Crippen molar-refractivity contribution in [1.29, 1.82) is 0 Å². The second kappa shape index (κ2) is 5.58. The zero-order valence-electron chi connectivity index (χ0n) is 14.5. The normalized spacial score (nSPS) is 12.5. The van der Waals surface area contributed by atoms with Crippen LogP contribution in [0, 0.1) is 6.92 Å². The highest BCUT2D eigenvalue weighted by Gasteiger charge is 2.25. The first kappa shape index (κ1) is 16.2. The molecule has 0 nitrogen and oxygen atoms in total. The molecule has 0 unspecified atom stereocenters. The van der Waals surface area contributed by atoms with Crippen LogP contribution in [-0.2, 0) is 0 Å². The molecule has 2 rings (SSSR count). The predicted octanol–water partition coefficient (Wildman–Crippen LogP) is 4.75. The zero-order chi connectivity index (χ0) is 15.8. The molecule has 0 spiro atoms. The number of hydrogen-bond acceptors (Lipinski definition) is 0. The van der Waals surface area contributed by atoms with Gasteiger partial charge in [0.1, 0.15) is 0 Å². The first-order chi connectivity index (χ1) is 9.60. The van der Waals surface area contributed by atoms with Crippen molar-refractivity contribution in [2.75, 3.05) is 0 Å². The summed E-state index contributed by atoms with van der Waals surface area (Å²) < 4.78 is 0. The molecular weight excluding hydrogens is 284 g/mol. The topological polar surface area (TPSA) is 0 Å². The molecular formula is C19H28Si2. The van der Waals surface area contributed by atoms with Gasteiger partial charge in [-0.25, -0.2) is 0 Å². The van der Waals surface area contributed by atoms with E-state index in [2.05, 4.69) is 88.7 Å². The molecule has 0 radical (unpaired) electrons. The summed E-state index contributed by atoms with van der Waals surface area (Å²) in [6.45, 7) is 16.9. The number of benzene rings is 2. The van der Waals surface area contributed by atoms with Gasteiger partial charge in [-0.05, 0) is 18.1 Å². The van der Waals surface area contributed by atoms with Crippen LogP contribution >= 0.6 is 0 Å². The summed E-state index contributed by atoms with van der Waals surface area (Å²) in [7, 11) is -2.69. The maximum Gasteiger partial charge on any atom is 0.0784 e. The molecule has 0 fully saturated rings. The Balaban J connectivity index is 2.77. The van der Waals surface area contributed by atoms with E-state index in [0.29, 0.717) is 0 Å². The smallest absolute Gasteiger partial charge is 0.0656 e. The molecule has 0 N–H and O–H groups in total. The third-order valence-corrected chi connectivity index (χ3v) is 8.11. The van der Waals surface area contributed by atoms with Gasteiger partial charge in [-0.2, -0.15) is 0 Å². The molecule has 0 amide bonds. The van der Waals surface area contributed by atoms with Crippen LogP contribution in [0.25, 0.3) is 11.1 Å². The Morgan fingerprint density at radius 2 is 1.14 bits per heavy atom. The van der Waals surface area contributed by atoms with Gasteiger partial charge in [-0.1, -0.05) is 97.7 Å². The average molecular weight is 313 g/mol. The third-order valence-electron chi connectivity index (χ3n) is 4.01. The molecule has 0 atom stereocenters. The fourth-order valence-electron chi connectivity index (χ4n) is 2.91. The Morgan fingerprint density at radius 1 is 0.619 bits per heavy atom. The van der Waals surface area contributed by atoms with Gasteiger partial charge >= 0.3 is 0 Å². The third kappa shape index (κ3) is 3.56. The zero-order valence-corrected chi connectivity index (χ0v) is 16.5. The molecule has 0 aliphatic carbocycles. The molecule has 0 aromatic heterocycles. The molecule has 0 heterocycles. The van der Waals surface area contributed by atoms with Crippen LogP contribution in [0.15, 0.2) is 42.5 Å². The van der Waals surface area contributed by atoms with Gasteiger partial charge in [0, 0.05) is 0 Å². The highest BCUT2D eigenvalue weighted by molar-refractivity contribution is 6.91. The molecule has 0 aliphatic rings. The van der Waals surface area contributed by atoms with Crippen molar-refractivity contribution in [3.8, 4) is 11.1 Å². The molecule has 21 heavy (non-hydrogen) atoms. The second-order valence-corrected chi connectivity index (χ2v) is 18.2. The minimum Gasteiger partial charge on any atom is -0.0656 e. The second-order valence-electron chi connectivity index (χ2n) is 8.09. The Bertz CT molecular complexity index is 643. The van der Waals surface area contributed by atoms with E-state index in [9.17, 15) is 0 Å². The maximum absolute atomic E-state index is 2.44. The lowest BCUT2D eigenvalue weighted by molar-refractivity contribution is 1.47. The van der Waals surface area contributed by atoms with E-state index in [1.807, 2.05) is 0 Å². The average Bonchev–Trinajstić information content (AvgIpc) is 2.36. The van der Waals surface area contributed by atoms with E-state index in [-0.39, 0.29) is 0 Å². The summed E-state index contributed by atoms with van der Waals surface area (Å²) in [5.74, 6) is 0. The van der Waals surface area contributed by atoms with Gasteiger partial charge in [-0.15, -0.1) is 0 Å². The van der Waals surface area contributed by atoms with E-state index in [1.54, 1.807) is 10.4 Å². The van der Waals surface area contributed by atoms with Crippen molar-refractivity contribution < 1.29 is 0 Å². The largest absolute Gasteiger partial charge is 0.0784 e. The van der Waals surface area contributed by atoms with Gasteiger partial charge in [0.2, 0.25) is 0 Å². The van der Waals surface area contributed by atoms with Gasteiger partial charge in [0.15, 0.2) is 0 Å². The predicted molar refractivity (Wildman–Crippen MR) is 103 cm³/mol. The molecule has 0 aliphatic heterocycles. The van der Waals surface area contributed by atoms with Gasteiger partial charge in [-0.3, -0.25) is 0 Å². The molecule has 0 saturated heterocycles. The Labute approximate surface area is 132 Å². The van der Waals surface area contributed by atoms with Crippen LogP contribution in [0.3, 0.4) is 0 Å². The molecule has 2 heteroatoms. The first-order valence-electron chi connectivity index (χ1n) is 7.82. The quantitative estimate of drug-likeness (QED) is 0.717. The van der Waals surface area contributed by atoms with Gasteiger partial charge < -0.3 is 0 Å². The van der Waals surface area contributed by atoms with E-state index >= 15 is 0 Å². The molecule has 2 aromatic rings. The van der Waals surface area contributed by atoms with Crippen LogP contribution in [-0.4, -0.2) is 16.1 Å². The summed E-state index contributed by atoms with van der Waals surface area (Å²) >= 11 is 0. The van der Waals surface area contributed by atoms with Crippen LogP contribution in [0.4, 0.5) is 0 Å². The standard InChI is InChI=1S/C19H28Si2/c1-15-12-13-19(21(5,6)7)17(14-15)16-10-8-9-11-18(16)20(2,3)4/h8-14H,1-7H3. The lowest BCUT2D eigenvalue weighted by Gasteiger charge is -2.26. The first-order valence-corrected chi connectivity index (χ1v) is 14.8. The van der Waals surface area contributed by atoms with Crippen LogP contribution in [0.1, 0.15) is 5.56 Å². The minimum absolute atomic E-state index is 1.34. The molecule has 2 aromatic carbocycles. The molecule has 112 valence electrons. The number of rotatable bonds is 3. The van der Waals surface area contributed by atoms with Crippen LogP contribution in [0.2, 0.25) is 39.3 Å².